The smallest absolute Gasteiger partial charge is 0.225 e. The molecule has 2 heterocycles. The highest BCUT2D eigenvalue weighted by Gasteiger charge is 2.31. The lowest BCUT2D eigenvalue weighted by Gasteiger charge is -2.24. The third kappa shape index (κ3) is 3.35. The minimum atomic E-state index is 0.148. The van der Waals surface area contributed by atoms with Gasteiger partial charge in [0.05, 0.1) is 0 Å². The molecule has 1 aliphatic heterocycles. The lowest BCUT2D eigenvalue weighted by Crippen LogP contribution is -2.38. The number of amides is 1. The molecule has 2 N–H and O–H groups in total. The van der Waals surface area contributed by atoms with E-state index >= 15 is 0 Å². The summed E-state index contributed by atoms with van der Waals surface area (Å²) in [5, 5.41) is 0.977. The quantitative estimate of drug-likeness (QED) is 0.882. The fourth-order valence-electron chi connectivity index (χ4n) is 3.24. The van der Waals surface area contributed by atoms with E-state index in [-0.39, 0.29) is 12.0 Å². The van der Waals surface area contributed by atoms with Crippen molar-refractivity contribution in [3.05, 3.63) is 5.82 Å². The van der Waals surface area contributed by atoms with Crippen molar-refractivity contribution in [3.63, 3.8) is 0 Å². The zero-order chi connectivity index (χ0) is 14.8. The first kappa shape index (κ1) is 14.7. The van der Waals surface area contributed by atoms with Gasteiger partial charge in [-0.1, -0.05) is 0 Å². The monoisotopic (exact) mass is 309 g/mol. The Bertz CT molecular complexity index is 505. The first-order chi connectivity index (χ1) is 10.1. The van der Waals surface area contributed by atoms with Gasteiger partial charge in [0.1, 0.15) is 5.82 Å². The first-order valence-electron chi connectivity index (χ1n) is 7.73. The number of aryl methyl sites for hydroxylation is 1. The number of nitrogens with zero attached hydrogens (tertiary/aromatic N) is 4. The van der Waals surface area contributed by atoms with Crippen molar-refractivity contribution in [1.29, 1.82) is 0 Å². The largest absolute Gasteiger partial charge is 0.345 e. The van der Waals surface area contributed by atoms with Gasteiger partial charge in [-0.05, 0) is 32.6 Å². The van der Waals surface area contributed by atoms with E-state index in [1.54, 1.807) is 0 Å². The third-order valence-electron chi connectivity index (χ3n) is 4.42. The molecule has 1 aromatic heterocycles. The Morgan fingerprint density at radius 3 is 2.81 bits per heavy atom. The van der Waals surface area contributed by atoms with Crippen LogP contribution in [0.25, 0.3) is 0 Å². The zero-order valence-corrected chi connectivity index (χ0v) is 13.3. The number of aromatic nitrogens is 2. The number of anilines is 1. The minimum Gasteiger partial charge on any atom is -0.345 e. The molecule has 2 atom stereocenters. The normalized spacial score (nSPS) is 27.0. The SMILES string of the molecule is Cc1nsc(N2CCCN(C(=O)[C@H]3CC[C@@H](N)C3)CC2)n1. The highest BCUT2D eigenvalue weighted by molar-refractivity contribution is 7.09. The van der Waals surface area contributed by atoms with E-state index in [1.807, 2.05) is 11.8 Å². The number of carbonyl (C=O) groups excluding carboxylic acids is 1. The molecule has 0 aromatic carbocycles. The minimum absolute atomic E-state index is 0.148. The molecule has 0 unspecified atom stereocenters. The van der Waals surface area contributed by atoms with E-state index in [4.69, 9.17) is 5.73 Å². The van der Waals surface area contributed by atoms with E-state index in [0.29, 0.717) is 5.91 Å². The lowest BCUT2D eigenvalue weighted by molar-refractivity contribution is -0.135. The summed E-state index contributed by atoms with van der Waals surface area (Å²) in [7, 11) is 0. The van der Waals surface area contributed by atoms with Crippen molar-refractivity contribution in [3.8, 4) is 0 Å². The molecule has 1 amide bonds. The Labute approximate surface area is 129 Å². The Morgan fingerprint density at radius 1 is 1.29 bits per heavy atom. The van der Waals surface area contributed by atoms with Gasteiger partial charge in [-0.25, -0.2) is 4.98 Å². The molecule has 0 radical (unpaired) electrons. The van der Waals surface area contributed by atoms with Gasteiger partial charge in [-0.2, -0.15) is 4.37 Å². The molecule has 3 rings (SSSR count). The van der Waals surface area contributed by atoms with Crippen molar-refractivity contribution in [2.45, 2.75) is 38.6 Å². The molecule has 6 nitrogen and oxygen atoms in total. The summed E-state index contributed by atoms with van der Waals surface area (Å²) in [6.45, 7) is 5.33. The molecule has 116 valence electrons. The van der Waals surface area contributed by atoms with Crippen LogP contribution in [0.15, 0.2) is 0 Å². The first-order valence-corrected chi connectivity index (χ1v) is 8.50. The summed E-state index contributed by atoms with van der Waals surface area (Å²) in [4.78, 5) is 21.3. The molecule has 1 saturated carbocycles. The van der Waals surface area contributed by atoms with Crippen molar-refractivity contribution < 1.29 is 4.79 Å². The maximum Gasteiger partial charge on any atom is 0.225 e. The van der Waals surface area contributed by atoms with Crippen molar-refractivity contribution >= 4 is 22.6 Å². The third-order valence-corrected chi connectivity index (χ3v) is 5.29. The second-order valence-electron chi connectivity index (χ2n) is 6.06. The van der Waals surface area contributed by atoms with E-state index in [1.165, 1.54) is 11.5 Å². The van der Waals surface area contributed by atoms with Gasteiger partial charge >= 0.3 is 0 Å². The molecular weight excluding hydrogens is 286 g/mol. The maximum absolute atomic E-state index is 12.6. The molecule has 2 fully saturated rings. The fourth-order valence-corrected chi connectivity index (χ4v) is 3.97. The zero-order valence-electron chi connectivity index (χ0n) is 12.5. The Balaban J connectivity index is 1.59. The molecule has 21 heavy (non-hydrogen) atoms. The van der Waals surface area contributed by atoms with Crippen LogP contribution >= 0.6 is 11.5 Å². The van der Waals surface area contributed by atoms with Gasteiger partial charge in [0.25, 0.3) is 0 Å². The standard InChI is InChI=1S/C14H23N5OS/c1-10-16-14(21-17-10)19-6-2-5-18(7-8-19)13(20)11-3-4-12(15)9-11/h11-12H,2-9,15H2,1H3/t11-,12+/m0/s1. The van der Waals surface area contributed by atoms with E-state index in [2.05, 4.69) is 14.3 Å². The van der Waals surface area contributed by atoms with Crippen LogP contribution in [0, 0.1) is 12.8 Å². The molecule has 0 spiro atoms. The molecule has 2 aliphatic rings. The molecule has 1 aliphatic carbocycles. The molecule has 7 heteroatoms. The summed E-state index contributed by atoms with van der Waals surface area (Å²) in [5.74, 6) is 1.28. The van der Waals surface area contributed by atoms with Crippen molar-refractivity contribution in [1.82, 2.24) is 14.3 Å². The predicted octanol–water partition coefficient (Wildman–Crippen LogP) is 1.01. The Hall–Kier alpha value is -1.21. The number of rotatable bonds is 2. The van der Waals surface area contributed by atoms with Crippen LogP contribution in [0.5, 0.6) is 0 Å². The summed E-state index contributed by atoms with van der Waals surface area (Å²) < 4.78 is 4.24. The summed E-state index contributed by atoms with van der Waals surface area (Å²) in [6, 6.07) is 0.215. The Kier molecular flexibility index (Phi) is 4.40. The predicted molar refractivity (Wildman–Crippen MR) is 83.4 cm³/mol. The van der Waals surface area contributed by atoms with Gasteiger partial charge in [-0.3, -0.25) is 4.79 Å². The van der Waals surface area contributed by atoms with Gasteiger partial charge < -0.3 is 15.5 Å². The second kappa shape index (κ2) is 6.27. The number of nitrogens with two attached hydrogens (primary N) is 1. The molecule has 1 aromatic rings. The topological polar surface area (TPSA) is 75.4 Å². The van der Waals surface area contributed by atoms with Gasteiger partial charge in [0.15, 0.2) is 0 Å². The van der Waals surface area contributed by atoms with Gasteiger partial charge in [-0.15, -0.1) is 0 Å². The van der Waals surface area contributed by atoms with Crippen molar-refractivity contribution in [2.75, 3.05) is 31.1 Å². The average molecular weight is 309 g/mol. The van der Waals surface area contributed by atoms with Crippen LogP contribution in [0.3, 0.4) is 0 Å². The van der Waals surface area contributed by atoms with Gasteiger partial charge in [0, 0.05) is 49.7 Å². The van der Waals surface area contributed by atoms with Crippen LogP contribution in [0.4, 0.5) is 5.13 Å². The highest BCUT2D eigenvalue weighted by Crippen LogP contribution is 2.27. The van der Waals surface area contributed by atoms with Crippen LogP contribution < -0.4 is 10.6 Å². The van der Waals surface area contributed by atoms with Crippen LogP contribution in [-0.4, -0.2) is 52.4 Å². The molecule has 1 saturated heterocycles. The summed E-state index contributed by atoms with van der Waals surface area (Å²) in [5.41, 5.74) is 5.93. The van der Waals surface area contributed by atoms with Crippen molar-refractivity contribution in [2.24, 2.45) is 11.7 Å². The molecule has 0 bridgehead atoms. The van der Waals surface area contributed by atoms with E-state index in [9.17, 15) is 4.79 Å². The fraction of sp³-hybridized carbons (Fsp3) is 0.786. The summed E-state index contributed by atoms with van der Waals surface area (Å²) >= 11 is 1.45. The molecular formula is C14H23N5OS. The highest BCUT2D eigenvalue weighted by atomic mass is 32.1. The number of hydrogen-bond acceptors (Lipinski definition) is 6. The van der Waals surface area contributed by atoms with E-state index < -0.39 is 0 Å². The Morgan fingerprint density at radius 2 is 2.14 bits per heavy atom. The number of hydrogen-bond donors (Lipinski definition) is 1. The maximum atomic E-state index is 12.6. The number of carbonyl (C=O) groups is 1. The average Bonchev–Trinajstić information content (AvgIpc) is 3.00. The van der Waals surface area contributed by atoms with Crippen LogP contribution in [0.2, 0.25) is 0 Å². The van der Waals surface area contributed by atoms with Crippen LogP contribution in [-0.2, 0) is 4.79 Å². The second-order valence-corrected chi connectivity index (χ2v) is 6.79. The summed E-state index contributed by atoms with van der Waals surface area (Å²) in [6.07, 6.45) is 3.79. The van der Waals surface area contributed by atoms with Crippen LogP contribution in [0.1, 0.15) is 31.5 Å². The van der Waals surface area contributed by atoms with E-state index in [0.717, 1.165) is 62.8 Å². The van der Waals surface area contributed by atoms with Gasteiger partial charge in [0.2, 0.25) is 11.0 Å². The lowest BCUT2D eigenvalue weighted by atomic mass is 10.1.